The molecular formula is C40H45Cl2N5O6. The van der Waals surface area contributed by atoms with Crippen LogP contribution in [-0.4, -0.2) is 97.5 Å². The number of benzene rings is 3. The molecule has 53 heavy (non-hydrogen) atoms. The number of amides is 1. The monoisotopic (exact) mass is 761 g/mol. The van der Waals surface area contributed by atoms with E-state index >= 15 is 0 Å². The van der Waals surface area contributed by atoms with Crippen molar-refractivity contribution in [1.29, 1.82) is 0 Å². The zero-order chi connectivity index (χ0) is 37.1. The Morgan fingerprint density at radius 2 is 1.66 bits per heavy atom. The number of rotatable bonds is 12. The molecule has 2 aliphatic heterocycles. The van der Waals surface area contributed by atoms with Gasteiger partial charge in [-0.05, 0) is 86.4 Å². The molecule has 2 fully saturated rings. The number of imidazole rings is 1. The average Bonchev–Trinajstić information content (AvgIpc) is 3.88. The maximum atomic E-state index is 14.1. The fourth-order valence-corrected chi connectivity index (χ4v) is 8.12. The number of methoxy groups -OCH3 is 3. The predicted molar refractivity (Wildman–Crippen MR) is 206 cm³/mol. The van der Waals surface area contributed by atoms with E-state index in [4.69, 9.17) is 46.8 Å². The van der Waals surface area contributed by atoms with Crippen molar-refractivity contribution in [3.63, 3.8) is 0 Å². The van der Waals surface area contributed by atoms with Crippen LogP contribution in [-0.2, 0) is 18.6 Å². The van der Waals surface area contributed by atoms with Crippen LogP contribution < -0.4 is 19.1 Å². The van der Waals surface area contributed by atoms with Crippen LogP contribution in [0, 0.1) is 0 Å². The van der Waals surface area contributed by atoms with E-state index in [1.54, 1.807) is 33.5 Å². The number of carbonyl (C=O) groups excluding carboxylic acids is 1. The number of hydrogen-bond donors (Lipinski definition) is 1. The SMILES string of the molecule is COc1cc(C(=O)N2CCC(CCN3CCCN(c4nc5ccccc5n4Cc4ccc(CO)o4)CC3)(c3ccc(Cl)c(Cl)c3)C2)cc(OC)c1OC. The molecule has 2 aromatic heterocycles. The van der Waals surface area contributed by atoms with Crippen LogP contribution in [0.3, 0.4) is 0 Å². The van der Waals surface area contributed by atoms with Gasteiger partial charge < -0.3 is 43.0 Å². The van der Waals surface area contributed by atoms with E-state index in [-0.39, 0.29) is 17.9 Å². The first-order chi connectivity index (χ1) is 25.7. The molecule has 0 aliphatic carbocycles. The Kier molecular flexibility index (Phi) is 11.1. The van der Waals surface area contributed by atoms with Gasteiger partial charge in [0, 0.05) is 43.7 Å². The van der Waals surface area contributed by atoms with Crippen molar-refractivity contribution in [1.82, 2.24) is 19.4 Å². The van der Waals surface area contributed by atoms with Gasteiger partial charge in [-0.25, -0.2) is 4.98 Å². The number of furan rings is 1. The second-order valence-electron chi connectivity index (χ2n) is 13.7. The van der Waals surface area contributed by atoms with Gasteiger partial charge in [0.1, 0.15) is 18.1 Å². The minimum absolute atomic E-state index is 0.0957. The first-order valence-electron chi connectivity index (χ1n) is 17.9. The van der Waals surface area contributed by atoms with Crippen LogP contribution in [0.5, 0.6) is 17.2 Å². The molecule has 1 amide bonds. The molecule has 2 aliphatic rings. The number of aromatic nitrogens is 2. The van der Waals surface area contributed by atoms with Crippen molar-refractivity contribution in [2.24, 2.45) is 0 Å². The highest BCUT2D eigenvalue weighted by atomic mass is 35.5. The van der Waals surface area contributed by atoms with E-state index in [2.05, 4.69) is 26.5 Å². The van der Waals surface area contributed by atoms with E-state index in [1.807, 2.05) is 47.4 Å². The van der Waals surface area contributed by atoms with Gasteiger partial charge in [0.25, 0.3) is 5.91 Å². The highest BCUT2D eigenvalue weighted by molar-refractivity contribution is 6.42. The van der Waals surface area contributed by atoms with Crippen molar-refractivity contribution < 1.29 is 28.5 Å². The molecule has 5 aromatic rings. The molecule has 4 heterocycles. The predicted octanol–water partition coefficient (Wildman–Crippen LogP) is 6.89. The third-order valence-electron chi connectivity index (χ3n) is 10.7. The number of hydrogen-bond acceptors (Lipinski definition) is 9. The Balaban J connectivity index is 1.09. The molecule has 1 N–H and O–H groups in total. The summed E-state index contributed by atoms with van der Waals surface area (Å²) < 4.78 is 24.7. The number of carbonyl (C=O) groups is 1. The minimum Gasteiger partial charge on any atom is -0.493 e. The zero-order valence-electron chi connectivity index (χ0n) is 30.3. The molecular weight excluding hydrogens is 717 g/mol. The highest BCUT2D eigenvalue weighted by Gasteiger charge is 2.42. The number of aliphatic hydroxyl groups excluding tert-OH is 1. The minimum atomic E-state index is -0.318. The summed E-state index contributed by atoms with van der Waals surface area (Å²) in [5.41, 5.74) is 3.22. The average molecular weight is 763 g/mol. The van der Waals surface area contributed by atoms with Gasteiger partial charge in [-0.2, -0.15) is 0 Å². The molecule has 280 valence electrons. The lowest BCUT2D eigenvalue weighted by molar-refractivity contribution is 0.0780. The van der Waals surface area contributed by atoms with Crippen LogP contribution >= 0.6 is 23.2 Å². The summed E-state index contributed by atoms with van der Waals surface area (Å²) >= 11 is 13.0. The van der Waals surface area contributed by atoms with Crippen LogP contribution in [0.1, 0.15) is 46.7 Å². The number of nitrogens with zero attached hydrogens (tertiary/aromatic N) is 5. The van der Waals surface area contributed by atoms with Gasteiger partial charge in [-0.1, -0.05) is 41.4 Å². The van der Waals surface area contributed by atoms with Crippen molar-refractivity contribution in [2.45, 2.75) is 37.8 Å². The van der Waals surface area contributed by atoms with E-state index in [0.29, 0.717) is 58.3 Å². The molecule has 7 rings (SSSR count). The number of halogens is 2. The van der Waals surface area contributed by atoms with E-state index in [0.717, 1.165) is 80.3 Å². The van der Waals surface area contributed by atoms with E-state index in [1.165, 1.54) is 0 Å². The standard InChI is InChI=1S/C40H45Cl2N5O6/c1-50-35-21-27(22-36(51-2)37(35)52-3)38(49)46-18-14-40(26-46,28-9-12-31(41)32(42)23-28)13-17-44-15-6-16-45(20-19-44)39-43-33-7-4-5-8-34(33)47(39)24-29-10-11-30(25-48)53-29/h4-5,7-12,21-23,48H,6,13-20,24-26H2,1-3H3. The molecule has 0 radical (unpaired) electrons. The van der Waals surface area contributed by atoms with Gasteiger partial charge >= 0.3 is 0 Å². The van der Waals surface area contributed by atoms with Crippen LogP contribution in [0.2, 0.25) is 10.0 Å². The summed E-state index contributed by atoms with van der Waals surface area (Å²) in [7, 11) is 4.64. The number of aliphatic hydroxyl groups is 1. The van der Waals surface area contributed by atoms with Crippen molar-refractivity contribution >= 4 is 46.1 Å². The quantitative estimate of drug-likeness (QED) is 0.146. The number of fused-ring (bicyclic) bond motifs is 1. The van der Waals surface area contributed by atoms with Gasteiger partial charge in [-0.15, -0.1) is 0 Å². The number of ether oxygens (including phenoxy) is 3. The van der Waals surface area contributed by atoms with E-state index < -0.39 is 0 Å². The number of para-hydroxylation sites is 2. The Morgan fingerprint density at radius 3 is 2.38 bits per heavy atom. The van der Waals surface area contributed by atoms with Gasteiger partial charge in [0.05, 0.1) is 49.0 Å². The molecule has 1 unspecified atom stereocenters. The highest BCUT2D eigenvalue weighted by Crippen LogP contribution is 2.43. The maximum Gasteiger partial charge on any atom is 0.254 e. The molecule has 11 nitrogen and oxygen atoms in total. The normalized spacial score (nSPS) is 18.1. The van der Waals surface area contributed by atoms with Crippen molar-refractivity contribution in [2.75, 3.05) is 72.0 Å². The topological polar surface area (TPSA) is 106 Å². The summed E-state index contributed by atoms with van der Waals surface area (Å²) in [5, 5.41) is 10.6. The Morgan fingerprint density at radius 1 is 0.887 bits per heavy atom. The van der Waals surface area contributed by atoms with Gasteiger partial charge in [0.15, 0.2) is 11.5 Å². The molecule has 0 saturated carbocycles. The fourth-order valence-electron chi connectivity index (χ4n) is 7.82. The Bertz CT molecular complexity index is 2060. The van der Waals surface area contributed by atoms with Crippen LogP contribution in [0.25, 0.3) is 11.0 Å². The Hall–Kier alpha value is -4.42. The summed E-state index contributed by atoms with van der Waals surface area (Å²) in [6.45, 7) is 5.87. The third-order valence-corrected chi connectivity index (χ3v) is 11.4. The summed E-state index contributed by atoms with van der Waals surface area (Å²) in [6, 6.07) is 21.2. The summed E-state index contributed by atoms with van der Waals surface area (Å²) in [4.78, 5) is 25.9. The van der Waals surface area contributed by atoms with Crippen LogP contribution in [0.15, 0.2) is 71.1 Å². The first-order valence-corrected chi connectivity index (χ1v) is 18.7. The first kappa shape index (κ1) is 36.9. The lowest BCUT2D eigenvalue weighted by atomic mass is 9.76. The fraction of sp³-hybridized carbons (Fsp3) is 0.400. The largest absolute Gasteiger partial charge is 0.493 e. The molecule has 2 saturated heterocycles. The summed E-state index contributed by atoms with van der Waals surface area (Å²) in [6.07, 6.45) is 2.61. The number of likely N-dealkylation sites (tertiary alicyclic amines) is 1. The third kappa shape index (κ3) is 7.53. The van der Waals surface area contributed by atoms with Crippen molar-refractivity contribution in [3.8, 4) is 17.2 Å². The maximum absolute atomic E-state index is 14.1. The molecule has 1 atom stereocenters. The lowest BCUT2D eigenvalue weighted by Gasteiger charge is -2.33. The van der Waals surface area contributed by atoms with Gasteiger partial charge in [-0.3, -0.25) is 4.79 Å². The van der Waals surface area contributed by atoms with Crippen LogP contribution in [0.4, 0.5) is 5.95 Å². The second kappa shape index (κ2) is 15.9. The zero-order valence-corrected chi connectivity index (χ0v) is 31.8. The lowest BCUT2D eigenvalue weighted by Crippen LogP contribution is -2.39. The number of anilines is 1. The Labute approximate surface area is 319 Å². The molecule has 13 heteroatoms. The molecule has 0 bridgehead atoms. The molecule has 0 spiro atoms. The molecule has 3 aromatic carbocycles. The second-order valence-corrected chi connectivity index (χ2v) is 14.6. The van der Waals surface area contributed by atoms with E-state index in [9.17, 15) is 9.90 Å². The van der Waals surface area contributed by atoms with Gasteiger partial charge in [0.2, 0.25) is 11.7 Å². The van der Waals surface area contributed by atoms with Crippen molar-refractivity contribution in [3.05, 3.63) is 99.4 Å². The smallest absolute Gasteiger partial charge is 0.254 e. The summed E-state index contributed by atoms with van der Waals surface area (Å²) in [5.74, 6) is 3.46.